The van der Waals surface area contributed by atoms with Crippen molar-refractivity contribution in [2.75, 3.05) is 19.0 Å². The number of ether oxygens (including phenoxy) is 1. The second-order valence-electron chi connectivity index (χ2n) is 3.26. The number of carboxylic acids is 1. The number of nitriles is 1. The molecule has 0 amide bonds. The van der Waals surface area contributed by atoms with Crippen molar-refractivity contribution in [3.8, 4) is 6.07 Å². The Hall–Kier alpha value is -2.13. The summed E-state index contributed by atoms with van der Waals surface area (Å²) < 4.78 is 18.0. The molecule has 0 aliphatic rings. The highest BCUT2D eigenvalue weighted by Gasteiger charge is 2.19. The molecule has 17 heavy (non-hydrogen) atoms. The average molecular weight is 238 g/mol. The molecule has 0 bridgehead atoms. The van der Waals surface area contributed by atoms with Crippen LogP contribution in [0, 0.1) is 17.1 Å². The smallest absolute Gasteiger partial charge is 0.328 e. The van der Waals surface area contributed by atoms with Crippen LogP contribution in [0.25, 0.3) is 0 Å². The third-order valence-corrected chi connectivity index (χ3v) is 2.09. The molecule has 0 heterocycles. The van der Waals surface area contributed by atoms with E-state index in [-0.39, 0.29) is 17.9 Å². The van der Waals surface area contributed by atoms with Gasteiger partial charge in [-0.1, -0.05) is 6.07 Å². The van der Waals surface area contributed by atoms with E-state index in [0.717, 1.165) is 6.07 Å². The number of anilines is 1. The first-order chi connectivity index (χ1) is 8.10. The topological polar surface area (TPSA) is 82.3 Å². The van der Waals surface area contributed by atoms with E-state index in [9.17, 15) is 9.18 Å². The quantitative estimate of drug-likeness (QED) is 0.805. The predicted octanol–water partition coefficient (Wildman–Crippen LogP) is 1.21. The van der Waals surface area contributed by atoms with E-state index in [1.54, 1.807) is 6.07 Å². The fourth-order valence-electron chi connectivity index (χ4n) is 1.29. The summed E-state index contributed by atoms with van der Waals surface area (Å²) in [6.45, 7) is -0.0866. The van der Waals surface area contributed by atoms with Gasteiger partial charge in [0.25, 0.3) is 0 Å². The maximum Gasteiger partial charge on any atom is 0.328 e. The number of nitrogens with one attached hydrogen (secondary N) is 1. The van der Waals surface area contributed by atoms with Crippen LogP contribution in [-0.2, 0) is 9.53 Å². The molecule has 6 heteroatoms. The van der Waals surface area contributed by atoms with Crippen molar-refractivity contribution in [2.24, 2.45) is 0 Å². The maximum absolute atomic E-state index is 13.2. The van der Waals surface area contributed by atoms with E-state index in [1.807, 2.05) is 0 Å². The fourth-order valence-corrected chi connectivity index (χ4v) is 1.29. The highest BCUT2D eigenvalue weighted by atomic mass is 19.1. The first kappa shape index (κ1) is 12.9. The molecule has 0 radical (unpaired) electrons. The fraction of sp³-hybridized carbons (Fsp3) is 0.273. The van der Waals surface area contributed by atoms with Crippen LogP contribution < -0.4 is 5.32 Å². The van der Waals surface area contributed by atoms with Crippen molar-refractivity contribution in [2.45, 2.75) is 6.04 Å². The molecule has 0 saturated carbocycles. The molecule has 2 N–H and O–H groups in total. The van der Waals surface area contributed by atoms with Crippen molar-refractivity contribution in [1.29, 1.82) is 5.26 Å². The van der Waals surface area contributed by atoms with Crippen molar-refractivity contribution < 1.29 is 19.0 Å². The molecular weight excluding hydrogens is 227 g/mol. The monoisotopic (exact) mass is 238 g/mol. The van der Waals surface area contributed by atoms with E-state index < -0.39 is 17.8 Å². The SMILES string of the molecule is COCC(Nc1cccc(F)c1C#N)C(=O)O. The standard InChI is InChI=1S/C11H11FN2O3/c1-17-6-10(11(15)16)14-9-4-2-3-8(12)7(9)5-13/h2-4,10,14H,6H2,1H3,(H,15,16). The van der Waals surface area contributed by atoms with Crippen LogP contribution in [0.4, 0.5) is 10.1 Å². The van der Waals surface area contributed by atoms with Gasteiger partial charge in [0.15, 0.2) is 0 Å². The number of carboxylic acid groups (broad SMARTS) is 1. The molecule has 1 aromatic carbocycles. The highest BCUT2D eigenvalue weighted by molar-refractivity contribution is 5.78. The minimum absolute atomic E-state index is 0.0866. The van der Waals surface area contributed by atoms with Gasteiger partial charge in [-0.3, -0.25) is 0 Å². The first-order valence-electron chi connectivity index (χ1n) is 4.77. The third kappa shape index (κ3) is 3.16. The van der Waals surface area contributed by atoms with Gasteiger partial charge in [-0.25, -0.2) is 9.18 Å². The molecule has 0 aromatic heterocycles. The van der Waals surface area contributed by atoms with E-state index >= 15 is 0 Å². The van der Waals surface area contributed by atoms with Crippen molar-refractivity contribution in [3.05, 3.63) is 29.6 Å². The van der Waals surface area contributed by atoms with E-state index in [4.69, 9.17) is 15.1 Å². The number of nitrogens with zero attached hydrogens (tertiary/aromatic N) is 1. The molecule has 0 aliphatic carbocycles. The van der Waals surface area contributed by atoms with Gasteiger partial charge in [0.2, 0.25) is 0 Å². The Labute approximate surface area is 97.4 Å². The number of halogens is 1. The molecule has 0 spiro atoms. The number of rotatable bonds is 5. The van der Waals surface area contributed by atoms with Gasteiger partial charge in [-0.15, -0.1) is 0 Å². The molecule has 1 atom stereocenters. The minimum Gasteiger partial charge on any atom is -0.480 e. The van der Waals surface area contributed by atoms with Crippen LogP contribution in [0.3, 0.4) is 0 Å². The lowest BCUT2D eigenvalue weighted by Crippen LogP contribution is -2.33. The molecule has 1 unspecified atom stereocenters. The van der Waals surface area contributed by atoms with Crippen LogP contribution in [0.2, 0.25) is 0 Å². The molecule has 5 nitrogen and oxygen atoms in total. The summed E-state index contributed by atoms with van der Waals surface area (Å²) in [5, 5.41) is 20.2. The minimum atomic E-state index is -1.14. The zero-order valence-corrected chi connectivity index (χ0v) is 9.11. The van der Waals surface area contributed by atoms with E-state index in [1.165, 1.54) is 19.2 Å². The van der Waals surface area contributed by atoms with Crippen LogP contribution in [-0.4, -0.2) is 30.8 Å². The van der Waals surface area contributed by atoms with E-state index in [0.29, 0.717) is 0 Å². The predicted molar refractivity (Wildman–Crippen MR) is 58.0 cm³/mol. The first-order valence-corrected chi connectivity index (χ1v) is 4.77. The lowest BCUT2D eigenvalue weighted by atomic mass is 10.1. The van der Waals surface area contributed by atoms with Crippen LogP contribution >= 0.6 is 0 Å². The summed E-state index contributed by atoms with van der Waals surface area (Å²) >= 11 is 0. The van der Waals surface area contributed by atoms with Crippen LogP contribution in [0.15, 0.2) is 18.2 Å². The summed E-state index contributed by atoms with van der Waals surface area (Å²) in [7, 11) is 1.36. The molecule has 90 valence electrons. The average Bonchev–Trinajstić information content (AvgIpc) is 2.28. The Morgan fingerprint density at radius 2 is 2.41 bits per heavy atom. The largest absolute Gasteiger partial charge is 0.480 e. The molecule has 1 aromatic rings. The lowest BCUT2D eigenvalue weighted by Gasteiger charge is -2.15. The zero-order chi connectivity index (χ0) is 12.8. The molecule has 0 saturated heterocycles. The number of hydrogen-bond acceptors (Lipinski definition) is 4. The third-order valence-electron chi connectivity index (χ3n) is 2.09. The Morgan fingerprint density at radius 1 is 1.71 bits per heavy atom. The number of methoxy groups -OCH3 is 1. The Kier molecular flexibility index (Phi) is 4.43. The zero-order valence-electron chi connectivity index (χ0n) is 9.11. The Balaban J connectivity index is 2.97. The van der Waals surface area contributed by atoms with Crippen molar-refractivity contribution >= 4 is 11.7 Å². The molecular formula is C11H11FN2O3. The maximum atomic E-state index is 13.2. The highest BCUT2D eigenvalue weighted by Crippen LogP contribution is 2.18. The van der Waals surface area contributed by atoms with Gasteiger partial charge in [0.1, 0.15) is 23.5 Å². The summed E-state index contributed by atoms with van der Waals surface area (Å²) in [4.78, 5) is 10.9. The van der Waals surface area contributed by atoms with Gasteiger partial charge >= 0.3 is 5.97 Å². The van der Waals surface area contributed by atoms with Crippen LogP contribution in [0.1, 0.15) is 5.56 Å². The van der Waals surface area contributed by atoms with Crippen molar-refractivity contribution in [3.63, 3.8) is 0 Å². The van der Waals surface area contributed by atoms with Gasteiger partial charge in [-0.05, 0) is 12.1 Å². The second kappa shape index (κ2) is 5.82. The lowest BCUT2D eigenvalue weighted by molar-refractivity contribution is -0.139. The number of benzene rings is 1. The summed E-state index contributed by atoms with van der Waals surface area (Å²) in [6, 6.07) is 4.61. The summed E-state index contributed by atoms with van der Waals surface area (Å²) in [6.07, 6.45) is 0. The Morgan fingerprint density at radius 3 is 2.94 bits per heavy atom. The summed E-state index contributed by atoms with van der Waals surface area (Å²) in [5.74, 6) is -1.83. The number of hydrogen-bond donors (Lipinski definition) is 2. The second-order valence-corrected chi connectivity index (χ2v) is 3.26. The van der Waals surface area contributed by atoms with Gasteiger partial charge < -0.3 is 15.2 Å². The Bertz CT molecular complexity index is 457. The van der Waals surface area contributed by atoms with Gasteiger partial charge in [-0.2, -0.15) is 5.26 Å². The molecule has 1 rings (SSSR count). The summed E-state index contributed by atoms with van der Waals surface area (Å²) in [5.41, 5.74) is -0.0770. The van der Waals surface area contributed by atoms with Crippen LogP contribution in [0.5, 0.6) is 0 Å². The van der Waals surface area contributed by atoms with Crippen molar-refractivity contribution in [1.82, 2.24) is 0 Å². The molecule has 0 aliphatic heterocycles. The van der Waals surface area contributed by atoms with Gasteiger partial charge in [0.05, 0.1) is 12.3 Å². The normalized spacial score (nSPS) is 11.6. The number of aliphatic carboxylic acids is 1. The number of carbonyl (C=O) groups is 1. The van der Waals surface area contributed by atoms with E-state index in [2.05, 4.69) is 5.32 Å². The van der Waals surface area contributed by atoms with Gasteiger partial charge in [0, 0.05) is 7.11 Å². The molecule has 0 fully saturated rings.